The Morgan fingerprint density at radius 2 is 1.96 bits per heavy atom. The van der Waals surface area contributed by atoms with Crippen LogP contribution in [0, 0.1) is 12.3 Å². The molecule has 0 fully saturated rings. The van der Waals surface area contributed by atoms with Crippen molar-refractivity contribution < 1.29 is 19.1 Å². The van der Waals surface area contributed by atoms with E-state index in [2.05, 4.69) is 5.32 Å². The maximum absolute atomic E-state index is 12.4. The first-order valence-corrected chi connectivity index (χ1v) is 7.53. The number of furan rings is 1. The number of hydrogen-bond acceptors (Lipinski definition) is 4. The van der Waals surface area contributed by atoms with E-state index < -0.39 is 5.91 Å². The fraction of sp³-hybridized carbons (Fsp3) is 0.333. The van der Waals surface area contributed by atoms with Crippen LogP contribution in [0.4, 0.5) is 5.69 Å². The lowest BCUT2D eigenvalue weighted by atomic mass is 9.76. The van der Waals surface area contributed by atoms with E-state index in [0.717, 1.165) is 0 Å². The maximum atomic E-state index is 12.4. The van der Waals surface area contributed by atoms with Crippen LogP contribution in [0.15, 0.2) is 28.7 Å². The highest BCUT2D eigenvalue weighted by molar-refractivity contribution is 6.08. The summed E-state index contributed by atoms with van der Waals surface area (Å²) in [5.74, 6) is 0.227. The summed E-state index contributed by atoms with van der Waals surface area (Å²) in [6.45, 7) is 5.74. The summed E-state index contributed by atoms with van der Waals surface area (Å²) >= 11 is 0. The van der Waals surface area contributed by atoms with E-state index in [4.69, 9.17) is 4.42 Å². The summed E-state index contributed by atoms with van der Waals surface area (Å²) in [7, 11) is 0. The fourth-order valence-corrected chi connectivity index (χ4v) is 3.06. The number of carbonyl (C=O) groups excluding carboxylic acids is 2. The number of aromatic hydroxyl groups is 1. The van der Waals surface area contributed by atoms with Crippen molar-refractivity contribution in [1.82, 2.24) is 0 Å². The molecule has 2 N–H and O–H groups in total. The average Bonchev–Trinajstić information content (AvgIpc) is 2.77. The number of carbonyl (C=O) groups is 2. The van der Waals surface area contributed by atoms with E-state index in [-0.39, 0.29) is 22.7 Å². The van der Waals surface area contributed by atoms with Crippen molar-refractivity contribution in [2.24, 2.45) is 5.41 Å². The lowest BCUT2D eigenvalue weighted by Crippen LogP contribution is -2.26. The first kappa shape index (κ1) is 15.3. The number of ketones is 1. The van der Waals surface area contributed by atoms with Gasteiger partial charge < -0.3 is 14.8 Å². The van der Waals surface area contributed by atoms with Crippen LogP contribution < -0.4 is 5.32 Å². The van der Waals surface area contributed by atoms with Crippen molar-refractivity contribution in [3.8, 4) is 5.75 Å². The van der Waals surface area contributed by atoms with E-state index in [9.17, 15) is 14.7 Å². The average molecular weight is 313 g/mol. The van der Waals surface area contributed by atoms with Crippen LogP contribution in [0.2, 0.25) is 0 Å². The fourth-order valence-electron chi connectivity index (χ4n) is 3.06. The normalized spacial score (nSPS) is 16.0. The zero-order valence-corrected chi connectivity index (χ0v) is 13.4. The summed E-state index contributed by atoms with van der Waals surface area (Å²) in [4.78, 5) is 24.8. The molecule has 5 heteroatoms. The highest BCUT2D eigenvalue weighted by atomic mass is 16.4. The van der Waals surface area contributed by atoms with Gasteiger partial charge in [-0.3, -0.25) is 9.59 Å². The number of anilines is 1. The van der Waals surface area contributed by atoms with Crippen molar-refractivity contribution >= 4 is 17.4 Å². The second kappa shape index (κ2) is 5.26. The minimum atomic E-state index is -0.469. The van der Waals surface area contributed by atoms with Gasteiger partial charge in [-0.05, 0) is 24.5 Å². The minimum absolute atomic E-state index is 0.0131. The van der Waals surface area contributed by atoms with Crippen molar-refractivity contribution in [2.45, 2.75) is 33.6 Å². The Morgan fingerprint density at radius 3 is 2.65 bits per heavy atom. The van der Waals surface area contributed by atoms with Crippen LogP contribution in [0.3, 0.4) is 0 Å². The van der Waals surface area contributed by atoms with Gasteiger partial charge in [-0.2, -0.15) is 0 Å². The van der Waals surface area contributed by atoms with Crippen LogP contribution in [0.5, 0.6) is 5.75 Å². The van der Waals surface area contributed by atoms with Crippen molar-refractivity contribution in [3.05, 3.63) is 46.9 Å². The van der Waals surface area contributed by atoms with Gasteiger partial charge in [-0.15, -0.1) is 0 Å². The molecule has 1 aliphatic rings. The number of para-hydroxylation sites is 2. The number of hydrogen-bond donors (Lipinski definition) is 2. The molecular weight excluding hydrogens is 294 g/mol. The highest BCUT2D eigenvalue weighted by Crippen LogP contribution is 2.38. The first-order chi connectivity index (χ1) is 10.8. The van der Waals surface area contributed by atoms with Crippen LogP contribution in [-0.2, 0) is 6.42 Å². The SMILES string of the molecule is Cc1c(C(=O)Nc2ccccc2O)oc2c1C(=O)CC(C)(C)C2. The topological polar surface area (TPSA) is 79.5 Å². The molecule has 0 saturated heterocycles. The van der Waals surface area contributed by atoms with Crippen molar-refractivity contribution in [1.29, 1.82) is 0 Å². The van der Waals surface area contributed by atoms with Gasteiger partial charge in [0, 0.05) is 18.4 Å². The van der Waals surface area contributed by atoms with Gasteiger partial charge in [0.05, 0.1) is 11.3 Å². The molecule has 1 aliphatic carbocycles. The van der Waals surface area contributed by atoms with Crippen molar-refractivity contribution in [3.63, 3.8) is 0 Å². The molecule has 0 spiro atoms. The first-order valence-electron chi connectivity index (χ1n) is 7.53. The number of benzene rings is 1. The number of nitrogens with one attached hydrogen (secondary N) is 1. The lowest BCUT2D eigenvalue weighted by Gasteiger charge is -2.27. The Balaban J connectivity index is 1.94. The van der Waals surface area contributed by atoms with Gasteiger partial charge in [-0.25, -0.2) is 0 Å². The third-order valence-corrected chi connectivity index (χ3v) is 4.14. The Bertz CT molecular complexity index is 801. The molecule has 2 aromatic rings. The van der Waals surface area contributed by atoms with Gasteiger partial charge in [0.1, 0.15) is 11.5 Å². The predicted molar refractivity (Wildman–Crippen MR) is 85.9 cm³/mol. The Kier molecular flexibility index (Phi) is 3.51. The van der Waals surface area contributed by atoms with E-state index in [1.54, 1.807) is 25.1 Å². The van der Waals surface area contributed by atoms with Crippen LogP contribution >= 0.6 is 0 Å². The Morgan fingerprint density at radius 1 is 1.26 bits per heavy atom. The Hall–Kier alpha value is -2.56. The number of fused-ring (bicyclic) bond motifs is 1. The van der Waals surface area contributed by atoms with Gasteiger partial charge in [0.15, 0.2) is 11.5 Å². The molecule has 1 amide bonds. The smallest absolute Gasteiger partial charge is 0.291 e. The molecule has 0 unspecified atom stereocenters. The largest absolute Gasteiger partial charge is 0.506 e. The van der Waals surface area contributed by atoms with Gasteiger partial charge in [0.2, 0.25) is 0 Å². The molecule has 0 atom stereocenters. The van der Waals surface area contributed by atoms with Crippen LogP contribution in [-0.4, -0.2) is 16.8 Å². The number of Topliss-reactive ketones (excluding diaryl/α,β-unsaturated/α-hetero) is 1. The number of rotatable bonds is 2. The Labute approximate surface area is 134 Å². The van der Waals surface area contributed by atoms with E-state index >= 15 is 0 Å². The molecule has 120 valence electrons. The van der Waals surface area contributed by atoms with Gasteiger partial charge in [-0.1, -0.05) is 26.0 Å². The maximum Gasteiger partial charge on any atom is 0.291 e. The number of amides is 1. The zero-order valence-electron chi connectivity index (χ0n) is 13.4. The zero-order chi connectivity index (χ0) is 16.8. The van der Waals surface area contributed by atoms with E-state index in [1.165, 1.54) is 6.07 Å². The minimum Gasteiger partial charge on any atom is -0.506 e. The second-order valence-electron chi connectivity index (χ2n) is 6.77. The number of phenolic OH excluding ortho intramolecular Hbond substituents is 1. The quantitative estimate of drug-likeness (QED) is 0.828. The van der Waals surface area contributed by atoms with E-state index in [1.807, 2.05) is 13.8 Å². The van der Waals surface area contributed by atoms with Crippen LogP contribution in [0.1, 0.15) is 52.5 Å². The third kappa shape index (κ3) is 2.74. The van der Waals surface area contributed by atoms with Crippen molar-refractivity contribution in [2.75, 3.05) is 5.32 Å². The summed E-state index contributed by atoms with van der Waals surface area (Å²) in [5, 5.41) is 12.4. The molecule has 1 heterocycles. The molecule has 5 nitrogen and oxygen atoms in total. The van der Waals surface area contributed by atoms with Crippen LogP contribution in [0.25, 0.3) is 0 Å². The lowest BCUT2D eigenvalue weighted by molar-refractivity contribution is 0.0898. The summed E-state index contributed by atoms with van der Waals surface area (Å²) < 4.78 is 5.70. The summed E-state index contributed by atoms with van der Waals surface area (Å²) in [6, 6.07) is 6.46. The second-order valence-corrected chi connectivity index (χ2v) is 6.77. The molecule has 0 radical (unpaired) electrons. The summed E-state index contributed by atoms with van der Waals surface area (Å²) in [5.41, 5.74) is 1.23. The monoisotopic (exact) mass is 313 g/mol. The molecule has 0 bridgehead atoms. The molecule has 1 aromatic carbocycles. The van der Waals surface area contributed by atoms with E-state index in [0.29, 0.717) is 35.4 Å². The van der Waals surface area contributed by atoms with Gasteiger partial charge in [0.25, 0.3) is 5.91 Å². The molecule has 0 saturated carbocycles. The third-order valence-electron chi connectivity index (χ3n) is 4.14. The highest BCUT2D eigenvalue weighted by Gasteiger charge is 2.37. The van der Waals surface area contributed by atoms with Gasteiger partial charge >= 0.3 is 0 Å². The standard InChI is InChI=1S/C18H19NO4/c1-10-15-13(21)8-18(2,3)9-14(15)23-16(10)17(22)19-11-6-4-5-7-12(11)20/h4-7,20H,8-9H2,1-3H3,(H,19,22). The molecule has 1 aromatic heterocycles. The number of phenols is 1. The molecule has 3 rings (SSSR count). The molecule has 0 aliphatic heterocycles. The predicted octanol–water partition coefficient (Wildman–Crippen LogP) is 3.70. The molecule has 23 heavy (non-hydrogen) atoms. The summed E-state index contributed by atoms with van der Waals surface area (Å²) in [6.07, 6.45) is 1.07. The molecular formula is C18H19NO4.